The smallest absolute Gasteiger partial charge is 0.326 e. The molecule has 1 aliphatic rings. The molecule has 1 aromatic rings. The summed E-state index contributed by atoms with van der Waals surface area (Å²) < 4.78 is 0.980. The summed E-state index contributed by atoms with van der Waals surface area (Å²) in [7, 11) is 0. The lowest BCUT2D eigenvalue weighted by molar-refractivity contribution is -0.141. The van der Waals surface area contributed by atoms with Crippen LogP contribution in [0.5, 0.6) is 0 Å². The van der Waals surface area contributed by atoms with Crippen LogP contribution in [0.1, 0.15) is 18.4 Å². The van der Waals surface area contributed by atoms with Crippen LogP contribution in [0.15, 0.2) is 28.7 Å². The molecule has 1 heterocycles. The molecule has 1 saturated heterocycles. The number of halogens is 1. The molecule has 19 heavy (non-hydrogen) atoms. The summed E-state index contributed by atoms with van der Waals surface area (Å²) in [6, 6.07) is 6.61. The van der Waals surface area contributed by atoms with E-state index in [0.29, 0.717) is 19.5 Å². The monoisotopic (exact) mass is 326 g/mol. The van der Waals surface area contributed by atoms with E-state index in [4.69, 9.17) is 5.11 Å². The first-order valence-corrected chi connectivity index (χ1v) is 6.89. The van der Waals surface area contributed by atoms with Crippen LogP contribution in [-0.4, -0.2) is 34.6 Å². The van der Waals surface area contributed by atoms with E-state index >= 15 is 0 Å². The normalized spacial score (nSPS) is 18.4. The Labute approximate surface area is 119 Å². The Balaban J connectivity index is 1.90. The van der Waals surface area contributed by atoms with Crippen LogP contribution in [0.4, 0.5) is 4.79 Å². The van der Waals surface area contributed by atoms with Crippen molar-refractivity contribution >= 4 is 27.9 Å². The molecule has 2 N–H and O–H groups in total. The highest BCUT2D eigenvalue weighted by atomic mass is 79.9. The van der Waals surface area contributed by atoms with E-state index < -0.39 is 12.0 Å². The highest BCUT2D eigenvalue weighted by Gasteiger charge is 2.33. The lowest BCUT2D eigenvalue weighted by atomic mass is 10.2. The van der Waals surface area contributed by atoms with Crippen molar-refractivity contribution in [1.29, 1.82) is 0 Å². The highest BCUT2D eigenvalue weighted by Crippen LogP contribution is 2.17. The third-order valence-corrected chi connectivity index (χ3v) is 3.68. The van der Waals surface area contributed by atoms with Crippen LogP contribution in [0.3, 0.4) is 0 Å². The molecule has 2 rings (SSSR count). The van der Waals surface area contributed by atoms with Gasteiger partial charge in [0.05, 0.1) is 0 Å². The fourth-order valence-corrected chi connectivity index (χ4v) is 2.41. The van der Waals surface area contributed by atoms with E-state index in [1.807, 2.05) is 24.3 Å². The second kappa shape index (κ2) is 6.06. The summed E-state index contributed by atoms with van der Waals surface area (Å²) in [5.41, 5.74) is 0.975. The number of hydrogen-bond acceptors (Lipinski definition) is 2. The molecule has 102 valence electrons. The van der Waals surface area contributed by atoms with Crippen molar-refractivity contribution in [2.75, 3.05) is 6.54 Å². The van der Waals surface area contributed by atoms with Crippen molar-refractivity contribution in [3.63, 3.8) is 0 Å². The van der Waals surface area contributed by atoms with Gasteiger partial charge in [-0.25, -0.2) is 9.59 Å². The molecular formula is C13H15BrN2O3. The molecule has 1 aliphatic heterocycles. The molecular weight excluding hydrogens is 312 g/mol. The van der Waals surface area contributed by atoms with Gasteiger partial charge in [0, 0.05) is 17.6 Å². The summed E-state index contributed by atoms with van der Waals surface area (Å²) >= 11 is 3.34. The number of urea groups is 1. The Morgan fingerprint density at radius 3 is 2.68 bits per heavy atom. The van der Waals surface area contributed by atoms with Crippen LogP contribution in [0.25, 0.3) is 0 Å². The summed E-state index contributed by atoms with van der Waals surface area (Å²) in [5.74, 6) is -0.934. The van der Waals surface area contributed by atoms with Gasteiger partial charge >= 0.3 is 12.0 Å². The van der Waals surface area contributed by atoms with Gasteiger partial charge < -0.3 is 15.3 Å². The van der Waals surface area contributed by atoms with Gasteiger partial charge in [-0.2, -0.15) is 0 Å². The van der Waals surface area contributed by atoms with Gasteiger partial charge in [-0.15, -0.1) is 0 Å². The van der Waals surface area contributed by atoms with Gasteiger partial charge in [0.1, 0.15) is 6.04 Å². The molecule has 6 heteroatoms. The summed E-state index contributed by atoms with van der Waals surface area (Å²) in [5, 5.41) is 11.8. The molecule has 0 aromatic heterocycles. The number of rotatable bonds is 3. The maximum Gasteiger partial charge on any atom is 0.326 e. The van der Waals surface area contributed by atoms with Crippen LogP contribution < -0.4 is 5.32 Å². The second-order valence-electron chi connectivity index (χ2n) is 4.47. The molecule has 1 atom stereocenters. The molecule has 0 spiro atoms. The van der Waals surface area contributed by atoms with Crippen molar-refractivity contribution in [2.45, 2.75) is 25.4 Å². The number of carboxylic acid groups (broad SMARTS) is 1. The zero-order valence-electron chi connectivity index (χ0n) is 10.3. The van der Waals surface area contributed by atoms with Crippen molar-refractivity contribution in [1.82, 2.24) is 10.2 Å². The number of nitrogens with one attached hydrogen (secondary N) is 1. The number of likely N-dealkylation sites (tertiary alicyclic amines) is 1. The van der Waals surface area contributed by atoms with Crippen molar-refractivity contribution in [3.05, 3.63) is 34.3 Å². The maximum atomic E-state index is 11.9. The van der Waals surface area contributed by atoms with Crippen LogP contribution in [0.2, 0.25) is 0 Å². The first-order valence-electron chi connectivity index (χ1n) is 6.09. The fraction of sp³-hybridized carbons (Fsp3) is 0.385. The second-order valence-corrected chi connectivity index (χ2v) is 5.39. The molecule has 0 bridgehead atoms. The number of carbonyl (C=O) groups is 2. The standard InChI is InChI=1S/C13H15BrN2O3/c14-10-5-3-9(4-6-10)8-15-13(19)16-7-1-2-11(16)12(17)18/h3-6,11H,1-2,7-8H2,(H,15,19)(H,17,18)/t11-/m0/s1. The van der Waals surface area contributed by atoms with Crippen molar-refractivity contribution in [3.8, 4) is 0 Å². The number of hydrogen-bond donors (Lipinski definition) is 2. The fourth-order valence-electron chi connectivity index (χ4n) is 2.15. The first-order chi connectivity index (χ1) is 9.08. The van der Waals surface area contributed by atoms with Gasteiger partial charge in [-0.3, -0.25) is 0 Å². The Bertz CT molecular complexity index is 475. The summed E-state index contributed by atoms with van der Waals surface area (Å²) in [6.45, 7) is 0.901. The number of amides is 2. The number of carboxylic acids is 1. The predicted octanol–water partition coefficient (Wildman–Crippen LogP) is 2.21. The van der Waals surface area contributed by atoms with Crippen molar-refractivity contribution < 1.29 is 14.7 Å². The zero-order valence-corrected chi connectivity index (χ0v) is 11.9. The molecule has 1 fully saturated rings. The molecule has 5 nitrogen and oxygen atoms in total. The molecule has 0 unspecified atom stereocenters. The van der Waals surface area contributed by atoms with Crippen molar-refractivity contribution in [2.24, 2.45) is 0 Å². The Morgan fingerprint density at radius 2 is 2.05 bits per heavy atom. The third kappa shape index (κ3) is 3.47. The van der Waals surface area contributed by atoms with E-state index in [1.54, 1.807) is 0 Å². The number of aliphatic carboxylic acids is 1. The molecule has 0 saturated carbocycles. The largest absolute Gasteiger partial charge is 0.480 e. The van der Waals surface area contributed by atoms with E-state index in [2.05, 4.69) is 21.2 Å². The minimum absolute atomic E-state index is 0.312. The van der Waals surface area contributed by atoms with E-state index in [0.717, 1.165) is 16.5 Å². The first kappa shape index (κ1) is 13.9. The Kier molecular flexibility index (Phi) is 4.42. The quantitative estimate of drug-likeness (QED) is 0.894. The molecule has 1 aromatic carbocycles. The minimum atomic E-state index is -0.934. The SMILES string of the molecule is O=C(O)[C@@H]1CCCN1C(=O)NCc1ccc(Br)cc1. The van der Waals surface area contributed by atoms with Gasteiger partial charge in [0.25, 0.3) is 0 Å². The zero-order chi connectivity index (χ0) is 13.8. The van der Waals surface area contributed by atoms with Gasteiger partial charge in [-0.1, -0.05) is 28.1 Å². The van der Waals surface area contributed by atoms with Crippen LogP contribution in [-0.2, 0) is 11.3 Å². The summed E-state index contributed by atoms with van der Waals surface area (Å²) in [4.78, 5) is 24.3. The Morgan fingerprint density at radius 1 is 1.37 bits per heavy atom. The molecule has 0 aliphatic carbocycles. The van der Waals surface area contributed by atoms with Gasteiger partial charge in [0.2, 0.25) is 0 Å². The Hall–Kier alpha value is -1.56. The van der Waals surface area contributed by atoms with Gasteiger partial charge in [-0.05, 0) is 30.5 Å². The van der Waals surface area contributed by atoms with Gasteiger partial charge in [0.15, 0.2) is 0 Å². The maximum absolute atomic E-state index is 11.9. The van der Waals surface area contributed by atoms with E-state index in [-0.39, 0.29) is 6.03 Å². The lowest BCUT2D eigenvalue weighted by Gasteiger charge is -2.21. The van der Waals surface area contributed by atoms with E-state index in [1.165, 1.54) is 4.90 Å². The van der Waals surface area contributed by atoms with Crippen LogP contribution >= 0.6 is 15.9 Å². The average molecular weight is 327 g/mol. The number of benzene rings is 1. The minimum Gasteiger partial charge on any atom is -0.480 e. The molecule has 2 amide bonds. The third-order valence-electron chi connectivity index (χ3n) is 3.16. The summed E-state index contributed by atoms with van der Waals surface area (Å²) in [6.07, 6.45) is 1.27. The van der Waals surface area contributed by atoms with E-state index in [9.17, 15) is 9.59 Å². The average Bonchev–Trinajstić information content (AvgIpc) is 2.87. The number of carbonyl (C=O) groups excluding carboxylic acids is 1. The van der Waals surface area contributed by atoms with Crippen LogP contribution in [0, 0.1) is 0 Å². The number of nitrogens with zero attached hydrogens (tertiary/aromatic N) is 1. The molecule has 0 radical (unpaired) electrons. The lowest BCUT2D eigenvalue weighted by Crippen LogP contribution is -2.45. The highest BCUT2D eigenvalue weighted by molar-refractivity contribution is 9.10. The predicted molar refractivity (Wildman–Crippen MR) is 73.7 cm³/mol. The topological polar surface area (TPSA) is 69.6 Å².